The molecular weight excluding hydrogens is 122 g/mol. The Morgan fingerprint density at radius 1 is 1.75 bits per heavy atom. The Morgan fingerprint density at radius 3 is 2.88 bits per heavy atom. The summed E-state index contributed by atoms with van der Waals surface area (Å²) < 4.78 is 0. The first-order valence-electron chi connectivity index (χ1n) is 2.67. The first-order valence-corrected chi connectivity index (χ1v) is 3.82. The van der Waals surface area contributed by atoms with Crippen LogP contribution in [0.4, 0.5) is 0 Å². The highest BCUT2D eigenvalue weighted by atomic mass is 32.2. The summed E-state index contributed by atoms with van der Waals surface area (Å²) in [7, 11) is 0. The van der Waals surface area contributed by atoms with Gasteiger partial charge in [-0.25, -0.2) is 0 Å². The number of ketones is 1. The number of rotatable bonds is 0. The number of hydrogen-bond acceptors (Lipinski definition) is 3. The van der Waals surface area contributed by atoms with Gasteiger partial charge >= 0.3 is 0 Å². The van der Waals surface area contributed by atoms with Crippen molar-refractivity contribution in [3.05, 3.63) is 0 Å². The largest absolute Gasteiger partial charge is 0.321 e. The van der Waals surface area contributed by atoms with Gasteiger partial charge in [-0.05, 0) is 0 Å². The predicted molar refractivity (Wildman–Crippen MR) is 34.9 cm³/mol. The zero-order chi connectivity index (χ0) is 5.98. The van der Waals surface area contributed by atoms with Crippen molar-refractivity contribution in [3.63, 3.8) is 0 Å². The fraction of sp³-hybridized carbons (Fsp3) is 0.800. The van der Waals surface area contributed by atoms with Crippen LogP contribution >= 0.6 is 11.8 Å². The second-order valence-corrected chi connectivity index (χ2v) is 3.05. The zero-order valence-electron chi connectivity index (χ0n) is 4.59. The fourth-order valence-corrected chi connectivity index (χ4v) is 1.61. The van der Waals surface area contributed by atoms with Crippen molar-refractivity contribution in [2.24, 2.45) is 5.73 Å². The van der Waals surface area contributed by atoms with Crippen molar-refractivity contribution >= 4 is 17.5 Å². The number of carbonyl (C=O) groups excluding carboxylic acids is 1. The summed E-state index contributed by atoms with van der Waals surface area (Å²) in [6.45, 7) is 0. The first-order chi connectivity index (χ1) is 3.80. The molecule has 1 saturated heterocycles. The van der Waals surface area contributed by atoms with Crippen LogP contribution in [0.2, 0.25) is 0 Å². The quantitative estimate of drug-likeness (QED) is 0.504. The number of hydrogen-bond donors (Lipinski definition) is 1. The average Bonchev–Trinajstić information content (AvgIpc) is 1.77. The van der Waals surface area contributed by atoms with Crippen LogP contribution in [0.5, 0.6) is 0 Å². The molecule has 3 heteroatoms. The summed E-state index contributed by atoms with van der Waals surface area (Å²) in [6, 6.07) is -0.172. The molecule has 1 fully saturated rings. The topological polar surface area (TPSA) is 43.1 Å². The van der Waals surface area contributed by atoms with Crippen molar-refractivity contribution in [3.8, 4) is 0 Å². The van der Waals surface area contributed by atoms with E-state index in [9.17, 15) is 4.79 Å². The van der Waals surface area contributed by atoms with Crippen molar-refractivity contribution in [1.29, 1.82) is 0 Å². The van der Waals surface area contributed by atoms with E-state index in [2.05, 4.69) is 0 Å². The monoisotopic (exact) mass is 131 g/mol. The summed E-state index contributed by atoms with van der Waals surface area (Å²) in [5.74, 6) is 2.01. The highest BCUT2D eigenvalue weighted by Gasteiger charge is 2.17. The molecule has 0 aromatic carbocycles. The summed E-state index contributed by atoms with van der Waals surface area (Å²) in [4.78, 5) is 10.7. The Balaban J connectivity index is 2.39. The Labute approximate surface area is 52.8 Å². The van der Waals surface area contributed by atoms with E-state index < -0.39 is 0 Å². The van der Waals surface area contributed by atoms with Crippen LogP contribution in [0.1, 0.15) is 6.42 Å². The van der Waals surface area contributed by atoms with Gasteiger partial charge in [-0.1, -0.05) is 0 Å². The Kier molecular flexibility index (Phi) is 1.91. The lowest BCUT2D eigenvalue weighted by Crippen LogP contribution is -2.36. The minimum Gasteiger partial charge on any atom is -0.321 e. The third-order valence-corrected chi connectivity index (χ3v) is 2.29. The molecule has 0 radical (unpaired) electrons. The van der Waals surface area contributed by atoms with E-state index in [1.54, 1.807) is 11.8 Å². The predicted octanol–water partition coefficient (Wildman–Crippen LogP) is 0.0197. The van der Waals surface area contributed by atoms with Crippen LogP contribution in [-0.2, 0) is 4.79 Å². The van der Waals surface area contributed by atoms with Crippen molar-refractivity contribution in [1.82, 2.24) is 0 Å². The summed E-state index contributed by atoms with van der Waals surface area (Å²) in [5.41, 5.74) is 5.41. The SMILES string of the molecule is N[C@H]1CSCCC1=O. The molecule has 1 rings (SSSR count). The van der Waals surface area contributed by atoms with Crippen LogP contribution in [0.15, 0.2) is 0 Å². The third kappa shape index (κ3) is 1.23. The number of Topliss-reactive ketones (excluding diaryl/α,β-unsaturated/α-hetero) is 1. The molecule has 0 aromatic rings. The third-order valence-electron chi connectivity index (χ3n) is 1.20. The number of carbonyl (C=O) groups is 1. The lowest BCUT2D eigenvalue weighted by Gasteiger charge is -2.14. The Morgan fingerprint density at radius 2 is 2.50 bits per heavy atom. The van der Waals surface area contributed by atoms with E-state index >= 15 is 0 Å². The summed E-state index contributed by atoms with van der Waals surface area (Å²) in [6.07, 6.45) is 0.672. The van der Waals surface area contributed by atoms with E-state index in [4.69, 9.17) is 5.73 Å². The number of thioether (sulfide) groups is 1. The average molecular weight is 131 g/mol. The van der Waals surface area contributed by atoms with Gasteiger partial charge in [0.15, 0.2) is 5.78 Å². The molecule has 1 atom stereocenters. The van der Waals surface area contributed by atoms with Gasteiger partial charge in [-0.2, -0.15) is 11.8 Å². The molecule has 1 heterocycles. The van der Waals surface area contributed by atoms with E-state index in [1.807, 2.05) is 0 Å². The maximum Gasteiger partial charge on any atom is 0.151 e. The highest BCUT2D eigenvalue weighted by Crippen LogP contribution is 2.11. The summed E-state index contributed by atoms with van der Waals surface area (Å²) >= 11 is 1.76. The van der Waals surface area contributed by atoms with E-state index in [-0.39, 0.29) is 11.8 Å². The molecule has 2 N–H and O–H groups in total. The van der Waals surface area contributed by atoms with E-state index in [0.717, 1.165) is 11.5 Å². The molecular formula is C5H9NOS. The van der Waals surface area contributed by atoms with Gasteiger partial charge in [0.1, 0.15) is 0 Å². The molecule has 0 saturated carbocycles. The van der Waals surface area contributed by atoms with Gasteiger partial charge in [0.2, 0.25) is 0 Å². The van der Waals surface area contributed by atoms with Gasteiger partial charge in [-0.15, -0.1) is 0 Å². The van der Waals surface area contributed by atoms with Crippen molar-refractivity contribution < 1.29 is 4.79 Å². The van der Waals surface area contributed by atoms with Crippen LogP contribution in [-0.4, -0.2) is 23.3 Å². The normalized spacial score (nSPS) is 30.6. The molecule has 0 amide bonds. The lowest BCUT2D eigenvalue weighted by molar-refractivity contribution is -0.119. The summed E-state index contributed by atoms with van der Waals surface area (Å²) in [5, 5.41) is 0. The van der Waals surface area contributed by atoms with Crippen molar-refractivity contribution in [2.75, 3.05) is 11.5 Å². The molecule has 46 valence electrons. The van der Waals surface area contributed by atoms with Gasteiger partial charge in [0.25, 0.3) is 0 Å². The van der Waals surface area contributed by atoms with Gasteiger partial charge in [0, 0.05) is 17.9 Å². The second kappa shape index (κ2) is 2.51. The molecule has 0 aromatic heterocycles. The first kappa shape index (κ1) is 6.11. The number of nitrogens with two attached hydrogens (primary N) is 1. The zero-order valence-corrected chi connectivity index (χ0v) is 5.41. The smallest absolute Gasteiger partial charge is 0.151 e. The Bertz CT molecular complexity index is 105. The van der Waals surface area contributed by atoms with Crippen LogP contribution in [0.25, 0.3) is 0 Å². The molecule has 0 unspecified atom stereocenters. The minimum atomic E-state index is -0.172. The standard InChI is InChI=1S/C5H9NOS/c6-4-3-8-2-1-5(4)7/h4H,1-3,6H2/t4-/m0/s1. The fourth-order valence-electron chi connectivity index (χ4n) is 0.661. The minimum absolute atomic E-state index is 0.172. The molecule has 8 heavy (non-hydrogen) atoms. The molecule has 0 bridgehead atoms. The molecule has 0 spiro atoms. The Hall–Kier alpha value is -0.0200. The molecule has 2 nitrogen and oxygen atoms in total. The van der Waals surface area contributed by atoms with Crippen LogP contribution < -0.4 is 5.73 Å². The van der Waals surface area contributed by atoms with E-state index in [0.29, 0.717) is 6.42 Å². The second-order valence-electron chi connectivity index (χ2n) is 1.90. The van der Waals surface area contributed by atoms with Gasteiger partial charge in [0.05, 0.1) is 6.04 Å². The maximum absolute atomic E-state index is 10.7. The molecule has 1 aliphatic heterocycles. The maximum atomic E-state index is 10.7. The highest BCUT2D eigenvalue weighted by molar-refractivity contribution is 7.99. The van der Waals surface area contributed by atoms with Crippen LogP contribution in [0, 0.1) is 0 Å². The van der Waals surface area contributed by atoms with E-state index in [1.165, 1.54) is 0 Å². The van der Waals surface area contributed by atoms with Crippen LogP contribution in [0.3, 0.4) is 0 Å². The van der Waals surface area contributed by atoms with Gasteiger partial charge < -0.3 is 5.73 Å². The molecule has 0 aliphatic carbocycles. The molecule has 1 aliphatic rings. The van der Waals surface area contributed by atoms with Gasteiger partial charge in [-0.3, -0.25) is 4.79 Å². The lowest BCUT2D eigenvalue weighted by atomic mass is 10.2. The van der Waals surface area contributed by atoms with Crippen molar-refractivity contribution in [2.45, 2.75) is 12.5 Å².